The van der Waals surface area contributed by atoms with Gasteiger partial charge in [-0.1, -0.05) is 0 Å². The maximum absolute atomic E-state index is 5.11. The highest BCUT2D eigenvalue weighted by Crippen LogP contribution is 2.04. The van der Waals surface area contributed by atoms with E-state index in [9.17, 15) is 0 Å². The van der Waals surface area contributed by atoms with Gasteiger partial charge in [0, 0.05) is 25.9 Å². The second-order valence-corrected chi connectivity index (χ2v) is 4.21. The number of aromatic amines is 1. The molecular weight excluding hydrogens is 236 g/mol. The molecule has 0 bridgehead atoms. The smallest absolute Gasteiger partial charge is 0.166 e. The van der Waals surface area contributed by atoms with Gasteiger partial charge in [-0.05, 0) is 37.5 Å². The maximum Gasteiger partial charge on any atom is 0.166 e. The number of nitrogens with zero attached hydrogens (tertiary/aromatic N) is 1. The van der Waals surface area contributed by atoms with Gasteiger partial charge in [0.05, 0.1) is 12.8 Å². The number of rotatable bonds is 7. The molecule has 0 saturated carbocycles. The second-order valence-electron chi connectivity index (χ2n) is 3.80. The second kappa shape index (κ2) is 8.03. The van der Waals surface area contributed by atoms with Crippen LogP contribution in [0.4, 0.5) is 0 Å². The van der Waals surface area contributed by atoms with E-state index in [1.165, 1.54) is 5.56 Å². The van der Waals surface area contributed by atoms with Gasteiger partial charge < -0.3 is 15.4 Å². The Morgan fingerprint density at radius 3 is 2.88 bits per heavy atom. The van der Waals surface area contributed by atoms with Crippen molar-refractivity contribution >= 4 is 17.3 Å². The molecule has 0 aliphatic carbocycles. The van der Waals surface area contributed by atoms with Crippen LogP contribution in [0.25, 0.3) is 0 Å². The van der Waals surface area contributed by atoms with E-state index in [0.29, 0.717) is 11.7 Å². The minimum absolute atomic E-state index is 0.663. The molecule has 1 rings (SSSR count). The van der Waals surface area contributed by atoms with Gasteiger partial charge in [0.25, 0.3) is 0 Å². The quantitative estimate of drug-likeness (QED) is 0.497. The molecule has 0 aliphatic heterocycles. The van der Waals surface area contributed by atoms with E-state index >= 15 is 0 Å². The number of ether oxygens (including phenoxy) is 1. The average molecular weight is 256 g/mol. The van der Waals surface area contributed by atoms with E-state index in [2.05, 4.69) is 20.8 Å². The minimum atomic E-state index is 0.663. The van der Waals surface area contributed by atoms with Crippen molar-refractivity contribution in [2.45, 2.75) is 19.8 Å². The molecule has 5 nitrogen and oxygen atoms in total. The highest BCUT2D eigenvalue weighted by Gasteiger charge is 2.00. The van der Waals surface area contributed by atoms with Gasteiger partial charge in [-0.15, -0.1) is 0 Å². The first-order chi connectivity index (χ1) is 8.24. The number of nitrogens with one attached hydrogen (secondary N) is 3. The van der Waals surface area contributed by atoms with Crippen LogP contribution in [-0.4, -0.2) is 42.1 Å². The molecule has 0 fully saturated rings. The molecule has 17 heavy (non-hydrogen) atoms. The monoisotopic (exact) mass is 256 g/mol. The molecule has 0 amide bonds. The Balaban J connectivity index is 2.04. The summed E-state index contributed by atoms with van der Waals surface area (Å²) in [6.45, 7) is 4.30. The van der Waals surface area contributed by atoms with Crippen molar-refractivity contribution in [1.29, 1.82) is 0 Å². The first-order valence-electron chi connectivity index (χ1n) is 5.73. The Bertz CT molecular complexity index is 340. The molecule has 96 valence electrons. The Hall–Kier alpha value is -1.14. The summed E-state index contributed by atoms with van der Waals surface area (Å²) in [6.07, 6.45) is 3.92. The fraction of sp³-hybridized carbons (Fsp3) is 0.636. The zero-order valence-electron chi connectivity index (χ0n) is 10.4. The fourth-order valence-corrected chi connectivity index (χ4v) is 1.64. The molecule has 6 heteroatoms. The SMILES string of the molecule is COCCNC(=S)NCCCc1cn[nH]c1C. The van der Waals surface area contributed by atoms with Gasteiger partial charge in [0.2, 0.25) is 0 Å². The normalized spacial score (nSPS) is 10.2. The molecule has 0 spiro atoms. The molecule has 0 aliphatic rings. The third kappa shape index (κ3) is 5.65. The summed E-state index contributed by atoms with van der Waals surface area (Å²) in [5.74, 6) is 0. The third-order valence-corrected chi connectivity index (χ3v) is 2.72. The number of hydrogen-bond donors (Lipinski definition) is 3. The zero-order chi connectivity index (χ0) is 12.5. The fourth-order valence-electron chi connectivity index (χ4n) is 1.44. The van der Waals surface area contributed by atoms with Gasteiger partial charge in [-0.25, -0.2) is 0 Å². The average Bonchev–Trinajstić information content (AvgIpc) is 2.71. The highest BCUT2D eigenvalue weighted by molar-refractivity contribution is 7.80. The summed E-state index contributed by atoms with van der Waals surface area (Å²) in [4.78, 5) is 0. The molecular formula is C11H20N4OS. The summed E-state index contributed by atoms with van der Waals surface area (Å²) >= 11 is 5.11. The summed E-state index contributed by atoms with van der Waals surface area (Å²) < 4.78 is 4.92. The molecule has 3 N–H and O–H groups in total. The van der Waals surface area contributed by atoms with E-state index in [4.69, 9.17) is 17.0 Å². The zero-order valence-corrected chi connectivity index (χ0v) is 11.2. The largest absolute Gasteiger partial charge is 0.383 e. The molecule has 0 atom stereocenters. The van der Waals surface area contributed by atoms with Crippen LogP contribution < -0.4 is 10.6 Å². The minimum Gasteiger partial charge on any atom is -0.383 e. The third-order valence-electron chi connectivity index (χ3n) is 2.43. The molecule has 1 heterocycles. The first-order valence-corrected chi connectivity index (χ1v) is 6.14. The number of methoxy groups -OCH3 is 1. The van der Waals surface area contributed by atoms with Crippen LogP contribution in [0.5, 0.6) is 0 Å². The van der Waals surface area contributed by atoms with Crippen LogP contribution in [0.3, 0.4) is 0 Å². The van der Waals surface area contributed by atoms with Gasteiger partial charge in [0.15, 0.2) is 5.11 Å². The van der Waals surface area contributed by atoms with E-state index < -0.39 is 0 Å². The number of thiocarbonyl (C=S) groups is 1. The van der Waals surface area contributed by atoms with E-state index in [1.54, 1.807) is 7.11 Å². The van der Waals surface area contributed by atoms with Crippen LogP contribution >= 0.6 is 12.2 Å². The van der Waals surface area contributed by atoms with Crippen molar-refractivity contribution in [3.8, 4) is 0 Å². The van der Waals surface area contributed by atoms with E-state index in [0.717, 1.165) is 31.6 Å². The predicted molar refractivity (Wildman–Crippen MR) is 72.1 cm³/mol. The standard InChI is InChI=1S/C11H20N4OS/c1-9-10(8-14-15-9)4-3-5-12-11(17)13-6-7-16-2/h8H,3-7H2,1-2H3,(H,14,15)(H2,12,13,17). The lowest BCUT2D eigenvalue weighted by atomic mass is 10.1. The maximum atomic E-state index is 5.11. The summed E-state index contributed by atoms with van der Waals surface area (Å²) in [6, 6.07) is 0. The Morgan fingerprint density at radius 2 is 2.24 bits per heavy atom. The Kier molecular flexibility index (Phi) is 6.57. The van der Waals surface area contributed by atoms with E-state index in [1.807, 2.05) is 13.1 Å². The van der Waals surface area contributed by atoms with Crippen LogP contribution in [0, 0.1) is 6.92 Å². The van der Waals surface area contributed by atoms with Crippen molar-refractivity contribution in [3.05, 3.63) is 17.5 Å². The molecule has 0 unspecified atom stereocenters. The van der Waals surface area contributed by atoms with Crippen LogP contribution in [0.2, 0.25) is 0 Å². The number of H-pyrrole nitrogens is 1. The molecule has 1 aromatic rings. The number of aryl methyl sites for hydroxylation is 2. The number of hydrogen-bond acceptors (Lipinski definition) is 3. The molecule has 0 aromatic carbocycles. The lowest BCUT2D eigenvalue weighted by molar-refractivity contribution is 0.204. The van der Waals surface area contributed by atoms with Gasteiger partial charge >= 0.3 is 0 Å². The van der Waals surface area contributed by atoms with Crippen molar-refractivity contribution in [1.82, 2.24) is 20.8 Å². The van der Waals surface area contributed by atoms with Gasteiger partial charge in [0.1, 0.15) is 0 Å². The van der Waals surface area contributed by atoms with Crippen molar-refractivity contribution in [2.24, 2.45) is 0 Å². The van der Waals surface area contributed by atoms with E-state index in [-0.39, 0.29) is 0 Å². The van der Waals surface area contributed by atoms with Crippen LogP contribution in [-0.2, 0) is 11.2 Å². The first kappa shape index (κ1) is 13.9. The van der Waals surface area contributed by atoms with Crippen LogP contribution in [0.1, 0.15) is 17.7 Å². The van der Waals surface area contributed by atoms with Gasteiger partial charge in [-0.3, -0.25) is 5.10 Å². The lowest BCUT2D eigenvalue weighted by Crippen LogP contribution is -2.37. The topological polar surface area (TPSA) is 62.0 Å². The van der Waals surface area contributed by atoms with Crippen molar-refractivity contribution in [2.75, 3.05) is 26.8 Å². The van der Waals surface area contributed by atoms with Crippen molar-refractivity contribution in [3.63, 3.8) is 0 Å². The summed E-state index contributed by atoms with van der Waals surface area (Å²) in [5.41, 5.74) is 2.41. The highest BCUT2D eigenvalue weighted by atomic mass is 32.1. The molecule has 0 radical (unpaired) electrons. The Labute approximate surface area is 107 Å². The van der Waals surface area contributed by atoms with Gasteiger partial charge in [-0.2, -0.15) is 5.10 Å². The summed E-state index contributed by atoms with van der Waals surface area (Å²) in [5, 5.41) is 13.8. The molecule has 1 aromatic heterocycles. The summed E-state index contributed by atoms with van der Waals surface area (Å²) in [7, 11) is 1.67. The predicted octanol–water partition coefficient (Wildman–Crippen LogP) is 0.761. The van der Waals surface area contributed by atoms with Crippen molar-refractivity contribution < 1.29 is 4.74 Å². The number of aromatic nitrogens is 2. The van der Waals surface area contributed by atoms with Crippen LogP contribution in [0.15, 0.2) is 6.20 Å². The lowest BCUT2D eigenvalue weighted by Gasteiger charge is -2.09. The Morgan fingerprint density at radius 1 is 1.47 bits per heavy atom. The molecule has 0 saturated heterocycles.